The number of carbonyl (C=O) groups is 1. The maximum absolute atomic E-state index is 13.3. The van der Waals surface area contributed by atoms with Crippen molar-refractivity contribution in [3.63, 3.8) is 0 Å². The van der Waals surface area contributed by atoms with Gasteiger partial charge in [0.25, 0.3) is 5.91 Å². The number of rotatable bonds is 4. The summed E-state index contributed by atoms with van der Waals surface area (Å²) in [6, 6.07) is 18.5. The average molecular weight is 399 g/mol. The van der Waals surface area contributed by atoms with E-state index in [2.05, 4.69) is 52.0 Å². The first-order chi connectivity index (χ1) is 14.5. The van der Waals surface area contributed by atoms with E-state index < -0.39 is 0 Å². The Morgan fingerprint density at radius 3 is 2.43 bits per heavy atom. The van der Waals surface area contributed by atoms with Crippen LogP contribution in [0.3, 0.4) is 0 Å². The fourth-order valence-corrected chi connectivity index (χ4v) is 4.54. The number of nitrogens with zero attached hydrogens (tertiary/aromatic N) is 2. The van der Waals surface area contributed by atoms with Crippen LogP contribution in [0.1, 0.15) is 72.6 Å². The number of benzene rings is 2. The first-order valence-corrected chi connectivity index (χ1v) is 10.9. The van der Waals surface area contributed by atoms with Gasteiger partial charge in [-0.1, -0.05) is 80.9 Å². The minimum absolute atomic E-state index is 0.0752. The first kappa shape index (κ1) is 20.3. The van der Waals surface area contributed by atoms with E-state index in [9.17, 15) is 4.79 Å². The lowest BCUT2D eigenvalue weighted by Gasteiger charge is -2.30. The van der Waals surface area contributed by atoms with E-state index in [4.69, 9.17) is 5.10 Å². The van der Waals surface area contributed by atoms with Gasteiger partial charge in [0.15, 0.2) is 0 Å². The summed E-state index contributed by atoms with van der Waals surface area (Å²) in [5, 5.41) is 4.89. The topological polar surface area (TPSA) is 34.9 Å². The van der Waals surface area contributed by atoms with E-state index in [-0.39, 0.29) is 5.91 Å². The molecular formula is C27H30N2O. The second kappa shape index (κ2) is 8.43. The van der Waals surface area contributed by atoms with Crippen molar-refractivity contribution >= 4 is 12.0 Å². The van der Waals surface area contributed by atoms with Crippen molar-refractivity contribution in [1.29, 1.82) is 0 Å². The molecule has 1 heterocycles. The highest BCUT2D eigenvalue weighted by Crippen LogP contribution is 2.46. The summed E-state index contributed by atoms with van der Waals surface area (Å²) in [6.45, 7) is 8.82. The quantitative estimate of drug-likeness (QED) is 0.451. The van der Waals surface area contributed by atoms with Gasteiger partial charge in [-0.15, -0.1) is 0 Å². The summed E-state index contributed by atoms with van der Waals surface area (Å²) in [6.07, 6.45) is 5.77. The minimum Gasteiger partial charge on any atom is -0.267 e. The molecular weight excluding hydrogens is 368 g/mol. The van der Waals surface area contributed by atoms with Gasteiger partial charge in [0.1, 0.15) is 0 Å². The van der Waals surface area contributed by atoms with Crippen LogP contribution in [0.4, 0.5) is 0 Å². The summed E-state index contributed by atoms with van der Waals surface area (Å²) in [5.41, 5.74) is 6.64. The smallest absolute Gasteiger partial charge is 0.267 e. The molecule has 4 rings (SSSR count). The number of aromatic nitrogens is 2. The number of aryl methyl sites for hydroxylation is 1. The Balaban J connectivity index is 1.80. The third-order valence-electron chi connectivity index (χ3n) is 6.27. The molecule has 0 spiro atoms. The monoisotopic (exact) mass is 398 g/mol. The number of fused-ring (bicyclic) bond motifs is 1. The highest BCUT2D eigenvalue weighted by atomic mass is 16.2. The van der Waals surface area contributed by atoms with Gasteiger partial charge in [-0.25, -0.2) is 4.68 Å². The van der Waals surface area contributed by atoms with Gasteiger partial charge in [0.05, 0.1) is 11.4 Å². The van der Waals surface area contributed by atoms with Crippen molar-refractivity contribution in [2.24, 2.45) is 5.92 Å². The molecule has 0 saturated heterocycles. The van der Waals surface area contributed by atoms with Crippen molar-refractivity contribution in [2.45, 2.75) is 52.4 Å². The Labute approximate surface area is 179 Å². The van der Waals surface area contributed by atoms with Gasteiger partial charge >= 0.3 is 0 Å². The molecule has 0 fully saturated rings. The Morgan fingerprint density at radius 1 is 1.07 bits per heavy atom. The minimum atomic E-state index is -0.0752. The summed E-state index contributed by atoms with van der Waals surface area (Å²) in [5.74, 6) is 1.13. The predicted octanol–water partition coefficient (Wildman–Crippen LogP) is 6.85. The average Bonchev–Trinajstić information content (AvgIpc) is 3.15. The first-order valence-electron chi connectivity index (χ1n) is 10.9. The van der Waals surface area contributed by atoms with Crippen LogP contribution >= 0.6 is 0 Å². The number of allylic oxidation sites excluding steroid dienone is 1. The van der Waals surface area contributed by atoms with Gasteiger partial charge in [-0.05, 0) is 43.2 Å². The summed E-state index contributed by atoms with van der Waals surface area (Å²) >= 11 is 0. The molecule has 0 amide bonds. The summed E-state index contributed by atoms with van der Waals surface area (Å²) in [7, 11) is 0. The highest BCUT2D eigenvalue weighted by Gasteiger charge is 2.35. The fourth-order valence-electron chi connectivity index (χ4n) is 4.54. The van der Waals surface area contributed by atoms with Crippen molar-refractivity contribution in [3.05, 3.63) is 83.1 Å². The maximum Gasteiger partial charge on any atom is 0.271 e. The van der Waals surface area contributed by atoms with Gasteiger partial charge < -0.3 is 0 Å². The molecule has 0 N–H and O–H groups in total. The van der Waals surface area contributed by atoms with Crippen LogP contribution in [0.5, 0.6) is 0 Å². The Hall–Kier alpha value is -2.94. The normalized spacial score (nSPS) is 18.7. The van der Waals surface area contributed by atoms with E-state index >= 15 is 0 Å². The van der Waals surface area contributed by atoms with Crippen molar-refractivity contribution in [1.82, 2.24) is 9.78 Å². The molecule has 1 aliphatic carbocycles. The van der Waals surface area contributed by atoms with Crippen LogP contribution in [-0.4, -0.2) is 15.7 Å². The van der Waals surface area contributed by atoms with Crippen LogP contribution in [0, 0.1) is 12.8 Å². The molecule has 3 heteroatoms. The maximum atomic E-state index is 13.3. The number of hydrogen-bond acceptors (Lipinski definition) is 2. The molecule has 3 nitrogen and oxygen atoms in total. The lowest BCUT2D eigenvalue weighted by Crippen LogP contribution is -2.23. The third kappa shape index (κ3) is 3.89. The number of carbonyl (C=O) groups excluding carboxylic acids is 1. The van der Waals surface area contributed by atoms with Crippen LogP contribution in [0.15, 0.2) is 60.7 Å². The SMILES string of the molecule is Cc1ccc(/C=C/C(=O)n2nc(-c3ccccc3)c3c2C(C(C)C)CCC3C)cc1. The molecule has 1 aliphatic rings. The summed E-state index contributed by atoms with van der Waals surface area (Å²) in [4.78, 5) is 13.3. The molecule has 1 aromatic heterocycles. The Bertz CT molecular complexity index is 1060. The second-order valence-corrected chi connectivity index (χ2v) is 8.84. The fraction of sp³-hybridized carbons (Fsp3) is 0.333. The molecule has 0 saturated carbocycles. The van der Waals surface area contributed by atoms with E-state index in [1.807, 2.05) is 36.4 Å². The largest absolute Gasteiger partial charge is 0.271 e. The molecule has 30 heavy (non-hydrogen) atoms. The zero-order valence-electron chi connectivity index (χ0n) is 18.3. The van der Waals surface area contributed by atoms with Crippen LogP contribution in [0.2, 0.25) is 0 Å². The highest BCUT2D eigenvalue weighted by molar-refractivity contribution is 5.94. The second-order valence-electron chi connectivity index (χ2n) is 8.84. The van der Waals surface area contributed by atoms with Gasteiger partial charge in [-0.3, -0.25) is 4.79 Å². The van der Waals surface area contributed by atoms with Gasteiger partial charge in [-0.2, -0.15) is 5.10 Å². The zero-order chi connectivity index (χ0) is 21.3. The molecule has 2 atom stereocenters. The van der Waals surface area contributed by atoms with Crippen LogP contribution in [0.25, 0.3) is 17.3 Å². The van der Waals surface area contributed by atoms with E-state index in [1.165, 1.54) is 11.1 Å². The van der Waals surface area contributed by atoms with Crippen molar-refractivity contribution < 1.29 is 4.79 Å². The lowest BCUT2D eigenvalue weighted by atomic mass is 9.75. The van der Waals surface area contributed by atoms with Crippen LogP contribution in [-0.2, 0) is 0 Å². The standard InChI is InChI=1S/C27H30N2O/c1-18(2)23-16-12-20(4)25-26(22-8-6-5-7-9-22)28-29(27(23)25)24(30)17-15-21-13-10-19(3)11-14-21/h5-11,13-15,17-18,20,23H,12,16H2,1-4H3/b17-15+. The third-order valence-corrected chi connectivity index (χ3v) is 6.27. The molecule has 3 aromatic rings. The molecule has 0 bridgehead atoms. The van der Waals surface area contributed by atoms with E-state index in [1.54, 1.807) is 10.8 Å². The lowest BCUT2D eigenvalue weighted by molar-refractivity contribution is 0.0947. The zero-order valence-corrected chi connectivity index (χ0v) is 18.3. The predicted molar refractivity (Wildman–Crippen MR) is 124 cm³/mol. The molecule has 2 unspecified atom stereocenters. The molecule has 2 aromatic carbocycles. The van der Waals surface area contributed by atoms with Crippen molar-refractivity contribution in [3.8, 4) is 11.3 Å². The molecule has 154 valence electrons. The molecule has 0 aliphatic heterocycles. The van der Waals surface area contributed by atoms with Crippen molar-refractivity contribution in [2.75, 3.05) is 0 Å². The number of hydrogen-bond donors (Lipinski definition) is 0. The van der Waals surface area contributed by atoms with Gasteiger partial charge in [0, 0.05) is 23.1 Å². The summed E-state index contributed by atoms with van der Waals surface area (Å²) < 4.78 is 1.68. The van der Waals surface area contributed by atoms with Crippen LogP contribution < -0.4 is 0 Å². The molecule has 0 radical (unpaired) electrons. The van der Waals surface area contributed by atoms with Gasteiger partial charge in [0.2, 0.25) is 0 Å². The Kier molecular flexibility index (Phi) is 5.72. The van der Waals surface area contributed by atoms with E-state index in [0.29, 0.717) is 17.8 Å². The Morgan fingerprint density at radius 2 is 1.77 bits per heavy atom. The van der Waals surface area contributed by atoms with E-state index in [0.717, 1.165) is 35.4 Å².